The Labute approximate surface area is 178 Å². The summed E-state index contributed by atoms with van der Waals surface area (Å²) in [5, 5.41) is 0. The second-order valence-electron chi connectivity index (χ2n) is 9.02. The largest absolute Gasteiger partial charge is 0.412 e. The Morgan fingerprint density at radius 2 is 1.48 bits per heavy atom. The standard InChI is InChI=1S/C26H37NOSi/c1-4-29(5-2,6-3)28-25-18-17-24-19-20-26(25,23-15-11-8-12-16-23)27(24)21-22-13-9-7-10-14-22/h7-16,24-25H,4-6,17-21H2,1-3H3/t24-,25+,26+/m0/s1. The number of piperidine rings is 1. The molecular weight excluding hydrogens is 370 g/mol. The highest BCUT2D eigenvalue weighted by atomic mass is 28.4. The lowest BCUT2D eigenvalue weighted by Crippen LogP contribution is -2.59. The van der Waals surface area contributed by atoms with E-state index in [-0.39, 0.29) is 5.54 Å². The van der Waals surface area contributed by atoms with Crippen molar-refractivity contribution in [3.8, 4) is 0 Å². The van der Waals surface area contributed by atoms with Gasteiger partial charge in [-0.1, -0.05) is 81.4 Å². The predicted octanol–water partition coefficient (Wildman–Crippen LogP) is 6.73. The summed E-state index contributed by atoms with van der Waals surface area (Å²) in [5.74, 6) is 0. The molecule has 4 rings (SSSR count). The molecule has 2 aromatic rings. The van der Waals surface area contributed by atoms with Crippen molar-refractivity contribution in [1.29, 1.82) is 0 Å². The normalized spacial score (nSPS) is 27.3. The molecule has 2 heterocycles. The van der Waals surface area contributed by atoms with Crippen LogP contribution >= 0.6 is 0 Å². The molecule has 0 N–H and O–H groups in total. The van der Waals surface area contributed by atoms with Gasteiger partial charge in [0.15, 0.2) is 8.32 Å². The van der Waals surface area contributed by atoms with Crippen molar-refractivity contribution in [2.75, 3.05) is 0 Å². The van der Waals surface area contributed by atoms with E-state index in [1.54, 1.807) is 0 Å². The number of rotatable bonds is 8. The molecule has 2 aromatic carbocycles. The Kier molecular flexibility index (Phi) is 6.29. The van der Waals surface area contributed by atoms with Gasteiger partial charge in [0.05, 0.1) is 11.6 Å². The van der Waals surface area contributed by atoms with Gasteiger partial charge in [-0.15, -0.1) is 0 Å². The van der Waals surface area contributed by atoms with Crippen LogP contribution in [-0.2, 0) is 16.5 Å². The maximum atomic E-state index is 7.28. The van der Waals surface area contributed by atoms with Crippen LogP contribution in [0.1, 0.15) is 57.6 Å². The zero-order valence-electron chi connectivity index (χ0n) is 18.4. The predicted molar refractivity (Wildman–Crippen MR) is 124 cm³/mol. The van der Waals surface area contributed by atoms with Crippen molar-refractivity contribution in [3.63, 3.8) is 0 Å². The minimum absolute atomic E-state index is 0.0256. The van der Waals surface area contributed by atoms with Crippen molar-refractivity contribution in [3.05, 3.63) is 71.8 Å². The molecule has 0 aliphatic carbocycles. The molecule has 2 bridgehead atoms. The lowest BCUT2D eigenvalue weighted by molar-refractivity contribution is -0.0588. The zero-order chi connectivity index (χ0) is 20.3. The van der Waals surface area contributed by atoms with Crippen LogP contribution < -0.4 is 0 Å². The highest BCUT2D eigenvalue weighted by Crippen LogP contribution is 2.53. The van der Waals surface area contributed by atoms with Crippen LogP contribution in [0.5, 0.6) is 0 Å². The molecular formula is C26H37NOSi. The summed E-state index contributed by atoms with van der Waals surface area (Å²) in [6.07, 6.45) is 5.31. The second kappa shape index (κ2) is 8.75. The number of nitrogens with zero attached hydrogens (tertiary/aromatic N) is 1. The summed E-state index contributed by atoms with van der Waals surface area (Å²) >= 11 is 0. The molecule has 0 radical (unpaired) electrons. The van der Waals surface area contributed by atoms with Crippen molar-refractivity contribution in [2.24, 2.45) is 0 Å². The molecule has 2 nitrogen and oxygen atoms in total. The molecule has 3 heteroatoms. The monoisotopic (exact) mass is 407 g/mol. The lowest BCUT2D eigenvalue weighted by atomic mass is 9.79. The smallest absolute Gasteiger partial charge is 0.192 e. The number of fused-ring (bicyclic) bond motifs is 2. The fourth-order valence-corrected chi connectivity index (χ4v) is 8.89. The Balaban J connectivity index is 1.75. The van der Waals surface area contributed by atoms with E-state index in [4.69, 9.17) is 4.43 Å². The van der Waals surface area contributed by atoms with Crippen molar-refractivity contribution in [2.45, 2.75) is 88.8 Å². The summed E-state index contributed by atoms with van der Waals surface area (Å²) in [6, 6.07) is 26.7. The van der Waals surface area contributed by atoms with Gasteiger partial charge in [0.1, 0.15) is 0 Å². The fourth-order valence-electron chi connectivity index (χ4n) is 5.97. The van der Waals surface area contributed by atoms with E-state index < -0.39 is 8.32 Å². The molecule has 0 amide bonds. The minimum Gasteiger partial charge on any atom is -0.412 e. The van der Waals surface area contributed by atoms with Crippen LogP contribution in [0.15, 0.2) is 60.7 Å². The molecule has 3 atom stereocenters. The first kappa shape index (κ1) is 20.8. The Morgan fingerprint density at radius 1 is 0.862 bits per heavy atom. The maximum absolute atomic E-state index is 7.28. The second-order valence-corrected chi connectivity index (χ2v) is 13.7. The van der Waals surface area contributed by atoms with Gasteiger partial charge in [-0.2, -0.15) is 0 Å². The molecule has 2 aliphatic rings. The minimum atomic E-state index is -1.67. The van der Waals surface area contributed by atoms with Gasteiger partial charge < -0.3 is 4.43 Å². The van der Waals surface area contributed by atoms with Crippen LogP contribution in [0.2, 0.25) is 18.1 Å². The van der Waals surface area contributed by atoms with Crippen molar-refractivity contribution < 1.29 is 4.43 Å². The Bertz CT molecular complexity index is 768. The van der Waals surface area contributed by atoms with Crippen molar-refractivity contribution in [1.82, 2.24) is 4.90 Å². The van der Waals surface area contributed by atoms with E-state index in [1.165, 1.54) is 54.9 Å². The average Bonchev–Trinajstić information content (AvgIpc) is 3.03. The van der Waals surface area contributed by atoms with E-state index in [0.717, 1.165) is 6.54 Å². The summed E-state index contributed by atoms with van der Waals surface area (Å²) in [7, 11) is -1.67. The first-order valence-corrected chi connectivity index (χ1v) is 14.2. The maximum Gasteiger partial charge on any atom is 0.192 e. The molecule has 29 heavy (non-hydrogen) atoms. The quantitative estimate of drug-likeness (QED) is 0.450. The molecule has 156 valence electrons. The van der Waals surface area contributed by atoms with Crippen LogP contribution in [0.3, 0.4) is 0 Å². The highest BCUT2D eigenvalue weighted by Gasteiger charge is 2.56. The van der Waals surface area contributed by atoms with Gasteiger partial charge in [0.25, 0.3) is 0 Å². The summed E-state index contributed by atoms with van der Waals surface area (Å²) in [4.78, 5) is 2.83. The van der Waals surface area contributed by atoms with Crippen LogP contribution in [0.25, 0.3) is 0 Å². The number of benzene rings is 2. The number of hydrogen-bond donors (Lipinski definition) is 0. The Morgan fingerprint density at radius 3 is 2.10 bits per heavy atom. The topological polar surface area (TPSA) is 12.5 Å². The third kappa shape index (κ3) is 3.73. The lowest BCUT2D eigenvalue weighted by Gasteiger charge is -2.52. The van der Waals surface area contributed by atoms with Crippen LogP contribution in [0.4, 0.5) is 0 Å². The van der Waals surface area contributed by atoms with Gasteiger partial charge in [0, 0.05) is 12.6 Å². The SMILES string of the molecule is CC[Si](CC)(CC)O[C@@H]1CC[C@H]2CC[C@]1(c1ccccc1)N2Cc1ccccc1. The van der Waals surface area contributed by atoms with Crippen LogP contribution in [0, 0.1) is 0 Å². The summed E-state index contributed by atoms with van der Waals surface area (Å²) in [6.45, 7) is 8.10. The molecule has 0 unspecified atom stereocenters. The molecule has 0 saturated carbocycles. The third-order valence-corrected chi connectivity index (χ3v) is 12.6. The highest BCUT2D eigenvalue weighted by molar-refractivity contribution is 6.73. The zero-order valence-corrected chi connectivity index (χ0v) is 19.4. The van der Waals surface area contributed by atoms with E-state index in [9.17, 15) is 0 Å². The van der Waals surface area contributed by atoms with Crippen molar-refractivity contribution >= 4 is 8.32 Å². The first-order valence-electron chi connectivity index (χ1n) is 11.7. The first-order chi connectivity index (χ1) is 14.2. The summed E-state index contributed by atoms with van der Waals surface area (Å²) in [5.41, 5.74) is 2.91. The summed E-state index contributed by atoms with van der Waals surface area (Å²) < 4.78 is 7.28. The average molecular weight is 408 g/mol. The van der Waals surface area contributed by atoms with Gasteiger partial charge in [0.2, 0.25) is 0 Å². The van der Waals surface area contributed by atoms with Gasteiger partial charge in [-0.25, -0.2) is 0 Å². The molecule has 0 spiro atoms. The van der Waals surface area contributed by atoms with E-state index >= 15 is 0 Å². The molecule has 0 aromatic heterocycles. The van der Waals surface area contributed by atoms with E-state index in [1.807, 2.05) is 0 Å². The van der Waals surface area contributed by atoms with Gasteiger partial charge in [-0.3, -0.25) is 4.90 Å². The van der Waals surface area contributed by atoms with E-state index in [2.05, 4.69) is 86.3 Å². The number of hydrogen-bond acceptors (Lipinski definition) is 2. The molecule has 2 saturated heterocycles. The third-order valence-electron chi connectivity index (χ3n) is 7.90. The Hall–Kier alpha value is -1.42. The van der Waals surface area contributed by atoms with Gasteiger partial charge in [-0.05, 0) is 54.9 Å². The molecule has 2 aliphatic heterocycles. The fraction of sp³-hybridized carbons (Fsp3) is 0.538. The molecule has 2 fully saturated rings. The van der Waals surface area contributed by atoms with Crippen LogP contribution in [-0.4, -0.2) is 25.4 Å². The van der Waals surface area contributed by atoms with E-state index in [0.29, 0.717) is 12.1 Å². The van der Waals surface area contributed by atoms with Gasteiger partial charge >= 0.3 is 0 Å².